The second-order valence-corrected chi connectivity index (χ2v) is 4.91. The Kier molecular flexibility index (Phi) is 4.65. The summed E-state index contributed by atoms with van der Waals surface area (Å²) in [4.78, 5) is 0. The van der Waals surface area contributed by atoms with Crippen molar-refractivity contribution < 1.29 is 0 Å². The molecule has 0 aliphatic rings. The number of hydrogen-bond acceptors (Lipinski definition) is 1. The summed E-state index contributed by atoms with van der Waals surface area (Å²) in [6.07, 6.45) is 0. The predicted octanol–water partition coefficient (Wildman–Crippen LogP) is 4.77. The van der Waals surface area contributed by atoms with Crippen LogP contribution in [0, 0.1) is 0 Å². The van der Waals surface area contributed by atoms with Gasteiger partial charge in [-0.3, -0.25) is 0 Å². The fraction of sp³-hybridized carbons (Fsp3) is 0.200. The van der Waals surface area contributed by atoms with Gasteiger partial charge in [0.05, 0.1) is 0 Å². The Morgan fingerprint density at radius 1 is 1.00 bits per heavy atom. The van der Waals surface area contributed by atoms with Gasteiger partial charge in [0, 0.05) is 22.2 Å². The SMILES string of the molecule is CCNCc1ccc(Cl)cc1-c1ccccc1Cl. The summed E-state index contributed by atoms with van der Waals surface area (Å²) in [6, 6.07) is 13.8. The normalized spacial score (nSPS) is 10.6. The molecule has 3 heteroatoms. The molecule has 0 atom stereocenters. The molecule has 18 heavy (non-hydrogen) atoms. The van der Waals surface area contributed by atoms with E-state index in [1.165, 1.54) is 5.56 Å². The van der Waals surface area contributed by atoms with Crippen LogP contribution in [0.2, 0.25) is 10.0 Å². The van der Waals surface area contributed by atoms with Gasteiger partial charge in [-0.25, -0.2) is 0 Å². The van der Waals surface area contributed by atoms with Gasteiger partial charge in [-0.2, -0.15) is 0 Å². The van der Waals surface area contributed by atoms with Crippen molar-refractivity contribution in [3.05, 3.63) is 58.1 Å². The van der Waals surface area contributed by atoms with Crippen molar-refractivity contribution in [3.8, 4) is 11.1 Å². The first kappa shape index (κ1) is 13.4. The van der Waals surface area contributed by atoms with E-state index < -0.39 is 0 Å². The zero-order valence-corrected chi connectivity index (χ0v) is 11.7. The fourth-order valence-corrected chi connectivity index (χ4v) is 2.30. The molecule has 0 saturated heterocycles. The summed E-state index contributed by atoms with van der Waals surface area (Å²) >= 11 is 12.3. The molecule has 0 unspecified atom stereocenters. The van der Waals surface area contributed by atoms with Crippen LogP contribution in [0.3, 0.4) is 0 Å². The van der Waals surface area contributed by atoms with Crippen LogP contribution < -0.4 is 5.32 Å². The van der Waals surface area contributed by atoms with Crippen LogP contribution in [-0.4, -0.2) is 6.54 Å². The summed E-state index contributed by atoms with van der Waals surface area (Å²) in [7, 11) is 0. The van der Waals surface area contributed by atoms with Gasteiger partial charge >= 0.3 is 0 Å². The van der Waals surface area contributed by atoms with Gasteiger partial charge < -0.3 is 5.32 Å². The third-order valence-corrected chi connectivity index (χ3v) is 3.37. The van der Waals surface area contributed by atoms with E-state index in [1.54, 1.807) is 0 Å². The maximum absolute atomic E-state index is 6.25. The molecule has 0 aliphatic carbocycles. The van der Waals surface area contributed by atoms with Gasteiger partial charge in [0.2, 0.25) is 0 Å². The third-order valence-electron chi connectivity index (χ3n) is 2.80. The standard InChI is InChI=1S/C15H15Cl2N/c1-2-18-10-11-7-8-12(16)9-14(11)13-5-3-4-6-15(13)17/h3-9,18H,2,10H2,1H3. The van der Waals surface area contributed by atoms with Crippen molar-refractivity contribution in [2.45, 2.75) is 13.5 Å². The number of rotatable bonds is 4. The largest absolute Gasteiger partial charge is 0.313 e. The molecule has 94 valence electrons. The summed E-state index contributed by atoms with van der Waals surface area (Å²) in [5, 5.41) is 4.80. The second-order valence-electron chi connectivity index (χ2n) is 4.06. The lowest BCUT2D eigenvalue weighted by Gasteiger charge is -2.12. The Balaban J connectivity index is 2.48. The lowest BCUT2D eigenvalue weighted by atomic mass is 9.99. The van der Waals surface area contributed by atoms with E-state index in [1.807, 2.05) is 42.5 Å². The molecule has 2 aromatic carbocycles. The van der Waals surface area contributed by atoms with E-state index in [4.69, 9.17) is 23.2 Å². The molecule has 0 radical (unpaired) electrons. The van der Waals surface area contributed by atoms with Crippen LogP contribution in [0.25, 0.3) is 11.1 Å². The van der Waals surface area contributed by atoms with Crippen molar-refractivity contribution in [2.24, 2.45) is 0 Å². The van der Waals surface area contributed by atoms with Crippen LogP contribution in [0.15, 0.2) is 42.5 Å². The summed E-state index contributed by atoms with van der Waals surface area (Å²) in [5.41, 5.74) is 3.32. The predicted molar refractivity (Wildman–Crippen MR) is 79.3 cm³/mol. The fourth-order valence-electron chi connectivity index (χ4n) is 1.89. The molecule has 0 aliphatic heterocycles. The van der Waals surface area contributed by atoms with E-state index >= 15 is 0 Å². The smallest absolute Gasteiger partial charge is 0.0484 e. The highest BCUT2D eigenvalue weighted by molar-refractivity contribution is 6.34. The summed E-state index contributed by atoms with van der Waals surface area (Å²) in [5.74, 6) is 0. The van der Waals surface area contributed by atoms with Gasteiger partial charge in [0.25, 0.3) is 0 Å². The lowest BCUT2D eigenvalue weighted by molar-refractivity contribution is 0.728. The molecule has 1 nitrogen and oxygen atoms in total. The molecule has 0 aromatic heterocycles. The highest BCUT2D eigenvalue weighted by atomic mass is 35.5. The molecular weight excluding hydrogens is 265 g/mol. The third kappa shape index (κ3) is 3.05. The van der Waals surface area contributed by atoms with E-state index in [-0.39, 0.29) is 0 Å². The Bertz CT molecular complexity index is 538. The minimum absolute atomic E-state index is 0.727. The van der Waals surface area contributed by atoms with Gasteiger partial charge in [0.15, 0.2) is 0 Å². The van der Waals surface area contributed by atoms with Crippen LogP contribution in [0.1, 0.15) is 12.5 Å². The topological polar surface area (TPSA) is 12.0 Å². The number of halogens is 2. The molecule has 2 rings (SSSR count). The Labute approximate surface area is 118 Å². The summed E-state index contributed by atoms with van der Waals surface area (Å²) in [6.45, 7) is 3.84. The molecule has 2 aromatic rings. The van der Waals surface area contributed by atoms with Crippen LogP contribution in [0.5, 0.6) is 0 Å². The van der Waals surface area contributed by atoms with E-state index in [2.05, 4.69) is 12.2 Å². The average molecular weight is 280 g/mol. The monoisotopic (exact) mass is 279 g/mol. The van der Waals surface area contributed by atoms with E-state index in [9.17, 15) is 0 Å². The first-order valence-corrected chi connectivity index (χ1v) is 6.72. The molecule has 0 spiro atoms. The lowest BCUT2D eigenvalue weighted by Crippen LogP contribution is -2.12. The van der Waals surface area contributed by atoms with E-state index in [0.29, 0.717) is 0 Å². The first-order chi connectivity index (χ1) is 8.72. The molecular formula is C15H15Cl2N. The van der Waals surface area contributed by atoms with Gasteiger partial charge in [-0.1, -0.05) is 54.4 Å². The second kappa shape index (κ2) is 6.24. The van der Waals surface area contributed by atoms with Gasteiger partial charge in [-0.15, -0.1) is 0 Å². The molecule has 0 heterocycles. The van der Waals surface area contributed by atoms with Gasteiger partial charge in [0.1, 0.15) is 0 Å². The minimum atomic E-state index is 0.727. The molecule has 1 N–H and O–H groups in total. The first-order valence-electron chi connectivity index (χ1n) is 5.96. The van der Waals surface area contributed by atoms with Crippen LogP contribution >= 0.6 is 23.2 Å². The highest BCUT2D eigenvalue weighted by Crippen LogP contribution is 2.32. The quantitative estimate of drug-likeness (QED) is 0.850. The van der Waals surface area contributed by atoms with Crippen molar-refractivity contribution >= 4 is 23.2 Å². The van der Waals surface area contributed by atoms with Crippen LogP contribution in [-0.2, 0) is 6.54 Å². The molecule has 0 amide bonds. The van der Waals surface area contributed by atoms with Crippen molar-refractivity contribution in [3.63, 3.8) is 0 Å². The summed E-state index contributed by atoms with van der Waals surface area (Å²) < 4.78 is 0. The maximum atomic E-state index is 6.25. The van der Waals surface area contributed by atoms with E-state index in [0.717, 1.165) is 34.3 Å². The number of hydrogen-bond donors (Lipinski definition) is 1. The average Bonchev–Trinajstić information content (AvgIpc) is 2.38. The molecule has 0 fully saturated rings. The van der Waals surface area contributed by atoms with Crippen molar-refractivity contribution in [1.82, 2.24) is 5.32 Å². The number of benzene rings is 2. The Morgan fingerprint density at radius 3 is 2.50 bits per heavy atom. The van der Waals surface area contributed by atoms with Gasteiger partial charge in [-0.05, 0) is 35.9 Å². The minimum Gasteiger partial charge on any atom is -0.313 e. The van der Waals surface area contributed by atoms with Crippen molar-refractivity contribution in [2.75, 3.05) is 6.54 Å². The highest BCUT2D eigenvalue weighted by Gasteiger charge is 2.08. The van der Waals surface area contributed by atoms with Crippen molar-refractivity contribution in [1.29, 1.82) is 0 Å². The molecule has 0 saturated carbocycles. The zero-order chi connectivity index (χ0) is 13.0. The maximum Gasteiger partial charge on any atom is 0.0484 e. The molecule has 0 bridgehead atoms. The van der Waals surface area contributed by atoms with Crippen LogP contribution in [0.4, 0.5) is 0 Å². The Hall–Kier alpha value is -1.02. The Morgan fingerprint density at radius 2 is 1.78 bits per heavy atom. The number of nitrogens with one attached hydrogen (secondary N) is 1. The zero-order valence-electron chi connectivity index (χ0n) is 10.2.